The van der Waals surface area contributed by atoms with E-state index < -0.39 is 6.10 Å². The van der Waals surface area contributed by atoms with E-state index in [0.717, 1.165) is 5.56 Å². The number of carbonyl (C=O) groups excluding carboxylic acids is 1. The van der Waals surface area contributed by atoms with E-state index in [1.54, 1.807) is 19.1 Å². The molecule has 4 heteroatoms. The van der Waals surface area contributed by atoms with Crippen molar-refractivity contribution in [2.45, 2.75) is 20.0 Å². The average Bonchev–Trinajstić information content (AvgIpc) is 2.34. The maximum Gasteiger partial charge on any atom is 0.258 e. The lowest BCUT2D eigenvalue weighted by Gasteiger charge is -2.14. The van der Waals surface area contributed by atoms with Crippen molar-refractivity contribution in [3.8, 4) is 5.75 Å². The van der Waals surface area contributed by atoms with E-state index in [2.05, 4.69) is 11.9 Å². The van der Waals surface area contributed by atoms with Gasteiger partial charge in [-0.1, -0.05) is 17.7 Å². The maximum atomic E-state index is 11.4. The van der Waals surface area contributed by atoms with E-state index in [1.165, 1.54) is 0 Å². The van der Waals surface area contributed by atoms with Gasteiger partial charge in [0.05, 0.1) is 6.10 Å². The molecule has 0 aliphatic heterocycles. The molecule has 1 unspecified atom stereocenters. The number of aliphatic hydroxyl groups is 1. The number of carbonyl (C=O) groups is 1. The zero-order valence-corrected chi connectivity index (χ0v) is 10.8. The average molecular weight is 249 g/mol. The largest absolute Gasteiger partial charge is 0.483 e. The van der Waals surface area contributed by atoms with Gasteiger partial charge in [0.1, 0.15) is 5.75 Å². The molecule has 0 aliphatic carbocycles. The highest BCUT2D eigenvalue weighted by molar-refractivity contribution is 5.77. The van der Waals surface area contributed by atoms with Crippen LogP contribution in [0.3, 0.4) is 0 Å². The Hall–Kier alpha value is -1.81. The number of aliphatic hydroxyl groups excluding tert-OH is 1. The van der Waals surface area contributed by atoms with Gasteiger partial charge in [0.15, 0.2) is 6.61 Å². The second kappa shape index (κ2) is 6.81. The van der Waals surface area contributed by atoms with Crippen molar-refractivity contribution in [1.29, 1.82) is 0 Å². The summed E-state index contributed by atoms with van der Waals surface area (Å²) < 4.78 is 5.41. The molecule has 1 aromatic carbocycles. The molecule has 18 heavy (non-hydrogen) atoms. The van der Waals surface area contributed by atoms with Gasteiger partial charge >= 0.3 is 0 Å². The molecule has 0 radical (unpaired) electrons. The van der Waals surface area contributed by atoms with Gasteiger partial charge < -0.3 is 15.2 Å². The first-order chi connectivity index (χ1) is 8.54. The minimum atomic E-state index is -0.629. The molecule has 0 fully saturated rings. The summed E-state index contributed by atoms with van der Waals surface area (Å²) in [5.41, 5.74) is 1.72. The molecule has 1 rings (SSSR count). The first-order valence-electron chi connectivity index (χ1n) is 5.83. The van der Waals surface area contributed by atoms with Gasteiger partial charge in [0.2, 0.25) is 0 Å². The molecule has 0 aromatic heterocycles. The van der Waals surface area contributed by atoms with Crippen LogP contribution in [0.15, 0.2) is 30.9 Å². The molecule has 98 valence electrons. The Morgan fingerprint density at radius 3 is 2.94 bits per heavy atom. The highest BCUT2D eigenvalue weighted by Crippen LogP contribution is 2.26. The summed E-state index contributed by atoms with van der Waals surface area (Å²) in [5, 5.41) is 12.3. The summed E-state index contributed by atoms with van der Waals surface area (Å²) in [5.74, 6) is 0.316. The highest BCUT2D eigenvalue weighted by atomic mass is 16.5. The van der Waals surface area contributed by atoms with Gasteiger partial charge in [-0.05, 0) is 26.0 Å². The molecule has 0 heterocycles. The monoisotopic (exact) mass is 249 g/mol. The predicted octanol–water partition coefficient (Wildman–Crippen LogP) is 1.73. The Balaban J connectivity index is 2.66. The number of aryl methyl sites for hydroxylation is 1. The van der Waals surface area contributed by atoms with Crippen LogP contribution in [0.1, 0.15) is 24.2 Å². The number of rotatable bonds is 6. The van der Waals surface area contributed by atoms with Crippen LogP contribution in [0.25, 0.3) is 0 Å². The molecule has 1 atom stereocenters. The second-order valence-corrected chi connectivity index (χ2v) is 4.10. The normalized spacial score (nSPS) is 11.7. The third kappa shape index (κ3) is 4.22. The van der Waals surface area contributed by atoms with Crippen LogP contribution >= 0.6 is 0 Å². The smallest absolute Gasteiger partial charge is 0.258 e. The minimum absolute atomic E-state index is 0.0728. The second-order valence-electron chi connectivity index (χ2n) is 4.10. The number of ether oxygens (including phenoxy) is 1. The molecule has 1 amide bonds. The highest BCUT2D eigenvalue weighted by Gasteiger charge is 2.10. The molecule has 0 bridgehead atoms. The van der Waals surface area contributed by atoms with Gasteiger partial charge in [-0.25, -0.2) is 0 Å². The summed E-state index contributed by atoms with van der Waals surface area (Å²) in [6.07, 6.45) is 0.974. The number of nitrogens with one attached hydrogen (secondary N) is 1. The van der Waals surface area contributed by atoms with Crippen molar-refractivity contribution in [2.75, 3.05) is 13.2 Å². The molecule has 0 spiro atoms. The zero-order valence-electron chi connectivity index (χ0n) is 10.8. The van der Waals surface area contributed by atoms with Gasteiger partial charge in [0.25, 0.3) is 5.91 Å². The molecular weight excluding hydrogens is 230 g/mol. The Kier molecular flexibility index (Phi) is 5.39. The van der Waals surface area contributed by atoms with Crippen LogP contribution in [0, 0.1) is 6.92 Å². The molecule has 0 saturated heterocycles. The summed E-state index contributed by atoms with van der Waals surface area (Å²) in [4.78, 5) is 11.4. The van der Waals surface area contributed by atoms with Crippen molar-refractivity contribution in [1.82, 2.24) is 5.32 Å². The third-order valence-corrected chi connectivity index (χ3v) is 2.42. The Labute approximate surface area is 107 Å². The fraction of sp³-hybridized carbons (Fsp3) is 0.357. The van der Waals surface area contributed by atoms with Crippen molar-refractivity contribution in [3.63, 3.8) is 0 Å². The number of amides is 1. The minimum Gasteiger partial charge on any atom is -0.483 e. The zero-order chi connectivity index (χ0) is 13.5. The van der Waals surface area contributed by atoms with Gasteiger partial charge in [0, 0.05) is 12.1 Å². The van der Waals surface area contributed by atoms with Crippen LogP contribution in [0.2, 0.25) is 0 Å². The standard InChI is InChI=1S/C14H19NO3/c1-4-7-15-14(17)9-18-13-6-5-10(2)8-12(13)11(3)16/h4-6,8,11,16H,1,7,9H2,2-3H3,(H,15,17). The van der Waals surface area contributed by atoms with Gasteiger partial charge in [-0.2, -0.15) is 0 Å². The van der Waals surface area contributed by atoms with Crippen LogP contribution in [0.5, 0.6) is 5.75 Å². The molecule has 2 N–H and O–H groups in total. The lowest BCUT2D eigenvalue weighted by atomic mass is 10.1. The van der Waals surface area contributed by atoms with Crippen LogP contribution in [0.4, 0.5) is 0 Å². The van der Waals surface area contributed by atoms with Crippen LogP contribution in [-0.4, -0.2) is 24.2 Å². The lowest BCUT2D eigenvalue weighted by molar-refractivity contribution is -0.122. The lowest BCUT2D eigenvalue weighted by Crippen LogP contribution is -2.29. The Bertz CT molecular complexity index is 427. The fourth-order valence-corrected chi connectivity index (χ4v) is 1.51. The van der Waals surface area contributed by atoms with E-state index in [0.29, 0.717) is 17.9 Å². The predicted molar refractivity (Wildman–Crippen MR) is 70.5 cm³/mol. The Morgan fingerprint density at radius 1 is 1.61 bits per heavy atom. The first kappa shape index (κ1) is 14.3. The van der Waals surface area contributed by atoms with Crippen molar-refractivity contribution >= 4 is 5.91 Å². The van der Waals surface area contributed by atoms with Crippen molar-refractivity contribution in [3.05, 3.63) is 42.0 Å². The molecule has 0 saturated carbocycles. The summed E-state index contributed by atoms with van der Waals surface area (Å²) in [7, 11) is 0. The van der Waals surface area contributed by atoms with Gasteiger partial charge in [-0.15, -0.1) is 6.58 Å². The molecule has 0 aliphatic rings. The van der Waals surface area contributed by atoms with E-state index >= 15 is 0 Å². The summed E-state index contributed by atoms with van der Waals surface area (Å²) in [6.45, 7) is 7.46. The van der Waals surface area contributed by atoms with E-state index in [9.17, 15) is 9.90 Å². The van der Waals surface area contributed by atoms with Crippen molar-refractivity contribution < 1.29 is 14.6 Å². The maximum absolute atomic E-state index is 11.4. The number of hydrogen-bond donors (Lipinski definition) is 2. The summed E-state index contributed by atoms with van der Waals surface area (Å²) in [6, 6.07) is 5.49. The van der Waals surface area contributed by atoms with E-state index in [4.69, 9.17) is 4.74 Å². The molecule has 1 aromatic rings. The first-order valence-corrected chi connectivity index (χ1v) is 5.83. The third-order valence-electron chi connectivity index (χ3n) is 2.42. The number of hydrogen-bond acceptors (Lipinski definition) is 3. The summed E-state index contributed by atoms with van der Waals surface area (Å²) >= 11 is 0. The van der Waals surface area contributed by atoms with Crippen LogP contribution < -0.4 is 10.1 Å². The van der Waals surface area contributed by atoms with Gasteiger partial charge in [-0.3, -0.25) is 4.79 Å². The Morgan fingerprint density at radius 2 is 2.33 bits per heavy atom. The van der Waals surface area contributed by atoms with E-state index in [1.807, 2.05) is 19.1 Å². The van der Waals surface area contributed by atoms with Crippen molar-refractivity contribution in [2.24, 2.45) is 0 Å². The van der Waals surface area contributed by atoms with E-state index in [-0.39, 0.29) is 12.5 Å². The topological polar surface area (TPSA) is 58.6 Å². The molecular formula is C14H19NO3. The fourth-order valence-electron chi connectivity index (χ4n) is 1.51. The molecule has 4 nitrogen and oxygen atoms in total. The van der Waals surface area contributed by atoms with Crippen LogP contribution in [-0.2, 0) is 4.79 Å². The SMILES string of the molecule is C=CCNC(=O)COc1ccc(C)cc1C(C)O. The number of benzene rings is 1. The quantitative estimate of drug-likeness (QED) is 0.755.